The van der Waals surface area contributed by atoms with Crippen molar-refractivity contribution in [1.29, 1.82) is 0 Å². The van der Waals surface area contributed by atoms with Crippen molar-refractivity contribution in [2.75, 3.05) is 26.9 Å². The Balaban J connectivity index is 2.29. The predicted octanol–water partition coefficient (Wildman–Crippen LogP) is 0.795. The summed E-state index contributed by atoms with van der Waals surface area (Å²) in [5.41, 5.74) is 1.12. The van der Waals surface area contributed by atoms with E-state index < -0.39 is 6.10 Å². The SMILES string of the molecule is C#CCOc1ccc(CNCC(O)COC)cc1. The van der Waals surface area contributed by atoms with Gasteiger partial charge in [-0.2, -0.15) is 0 Å². The third-order valence-electron chi connectivity index (χ3n) is 2.31. The van der Waals surface area contributed by atoms with E-state index in [1.54, 1.807) is 7.11 Å². The lowest BCUT2D eigenvalue weighted by Crippen LogP contribution is -2.29. The highest BCUT2D eigenvalue weighted by Gasteiger charge is 2.02. The first-order valence-corrected chi connectivity index (χ1v) is 5.79. The van der Waals surface area contributed by atoms with E-state index in [9.17, 15) is 5.11 Å². The second-order valence-electron chi connectivity index (χ2n) is 3.88. The molecule has 0 radical (unpaired) electrons. The van der Waals surface area contributed by atoms with Crippen LogP contribution >= 0.6 is 0 Å². The van der Waals surface area contributed by atoms with E-state index in [2.05, 4.69) is 11.2 Å². The lowest BCUT2D eigenvalue weighted by atomic mass is 10.2. The maximum atomic E-state index is 9.44. The minimum atomic E-state index is -0.478. The maximum Gasteiger partial charge on any atom is 0.148 e. The summed E-state index contributed by atoms with van der Waals surface area (Å²) < 4.78 is 10.1. The Morgan fingerprint density at radius 3 is 2.72 bits per heavy atom. The lowest BCUT2D eigenvalue weighted by molar-refractivity contribution is 0.0644. The van der Waals surface area contributed by atoms with Crippen molar-refractivity contribution in [1.82, 2.24) is 5.32 Å². The molecule has 0 aromatic heterocycles. The van der Waals surface area contributed by atoms with Crippen LogP contribution in [0, 0.1) is 12.3 Å². The minimum Gasteiger partial charge on any atom is -0.481 e. The number of benzene rings is 1. The fourth-order valence-corrected chi connectivity index (χ4v) is 1.46. The molecular weight excluding hydrogens is 230 g/mol. The van der Waals surface area contributed by atoms with Gasteiger partial charge in [-0.1, -0.05) is 18.1 Å². The van der Waals surface area contributed by atoms with Gasteiger partial charge in [0.2, 0.25) is 0 Å². The molecule has 1 unspecified atom stereocenters. The monoisotopic (exact) mass is 249 g/mol. The first-order chi connectivity index (χ1) is 8.76. The Bertz CT molecular complexity index is 370. The van der Waals surface area contributed by atoms with Crippen molar-refractivity contribution >= 4 is 0 Å². The van der Waals surface area contributed by atoms with Gasteiger partial charge < -0.3 is 19.9 Å². The smallest absolute Gasteiger partial charge is 0.148 e. The van der Waals surface area contributed by atoms with Gasteiger partial charge in [-0.3, -0.25) is 0 Å². The summed E-state index contributed by atoms with van der Waals surface area (Å²) in [6, 6.07) is 7.67. The van der Waals surface area contributed by atoms with Crippen molar-refractivity contribution in [3.05, 3.63) is 29.8 Å². The number of ether oxygens (including phenoxy) is 2. The van der Waals surface area contributed by atoms with Gasteiger partial charge >= 0.3 is 0 Å². The van der Waals surface area contributed by atoms with Crippen LogP contribution in [-0.2, 0) is 11.3 Å². The summed E-state index contributed by atoms with van der Waals surface area (Å²) in [6.07, 6.45) is 4.63. The van der Waals surface area contributed by atoms with Crippen molar-refractivity contribution in [3.8, 4) is 18.1 Å². The van der Waals surface area contributed by atoms with E-state index in [4.69, 9.17) is 15.9 Å². The van der Waals surface area contributed by atoms with Gasteiger partial charge in [0.15, 0.2) is 0 Å². The van der Waals surface area contributed by atoms with Crippen LogP contribution in [0.5, 0.6) is 5.75 Å². The highest BCUT2D eigenvalue weighted by atomic mass is 16.5. The molecule has 2 N–H and O–H groups in total. The molecule has 0 aliphatic carbocycles. The molecule has 0 saturated carbocycles. The van der Waals surface area contributed by atoms with E-state index in [-0.39, 0.29) is 6.61 Å². The highest BCUT2D eigenvalue weighted by molar-refractivity contribution is 5.27. The van der Waals surface area contributed by atoms with Crippen LogP contribution in [0.2, 0.25) is 0 Å². The van der Waals surface area contributed by atoms with Gasteiger partial charge in [-0.05, 0) is 17.7 Å². The molecule has 0 bridgehead atoms. The predicted molar refractivity (Wildman–Crippen MR) is 70.4 cm³/mol. The molecule has 1 rings (SSSR count). The van der Waals surface area contributed by atoms with Crippen LogP contribution < -0.4 is 10.1 Å². The molecule has 0 heterocycles. The van der Waals surface area contributed by atoms with Gasteiger partial charge in [-0.25, -0.2) is 0 Å². The summed E-state index contributed by atoms with van der Waals surface area (Å²) in [4.78, 5) is 0. The number of aliphatic hydroxyl groups is 1. The first-order valence-electron chi connectivity index (χ1n) is 5.79. The first kappa shape index (κ1) is 14.5. The van der Waals surface area contributed by atoms with E-state index in [0.717, 1.165) is 11.3 Å². The molecule has 0 fully saturated rings. The standard InChI is InChI=1S/C14H19NO3/c1-3-8-18-14-6-4-12(5-7-14)9-15-10-13(16)11-17-2/h1,4-7,13,15-16H,8-11H2,2H3. The third-order valence-corrected chi connectivity index (χ3v) is 2.31. The molecule has 98 valence electrons. The van der Waals surface area contributed by atoms with Gasteiger partial charge in [0.05, 0.1) is 12.7 Å². The van der Waals surface area contributed by atoms with Gasteiger partial charge in [0.25, 0.3) is 0 Å². The fraction of sp³-hybridized carbons (Fsp3) is 0.429. The second-order valence-corrected chi connectivity index (χ2v) is 3.88. The number of hydrogen-bond acceptors (Lipinski definition) is 4. The molecule has 1 aromatic carbocycles. The number of hydrogen-bond donors (Lipinski definition) is 2. The van der Waals surface area contributed by atoms with E-state index in [1.165, 1.54) is 0 Å². The van der Waals surface area contributed by atoms with Gasteiger partial charge in [-0.15, -0.1) is 6.42 Å². The molecule has 1 aromatic rings. The van der Waals surface area contributed by atoms with Crippen molar-refractivity contribution < 1.29 is 14.6 Å². The molecule has 4 nitrogen and oxygen atoms in total. The molecule has 18 heavy (non-hydrogen) atoms. The van der Waals surface area contributed by atoms with Crippen LogP contribution in [-0.4, -0.2) is 38.1 Å². The summed E-state index contributed by atoms with van der Waals surface area (Å²) in [5.74, 6) is 3.18. The summed E-state index contributed by atoms with van der Waals surface area (Å²) >= 11 is 0. The molecule has 0 aliphatic rings. The van der Waals surface area contributed by atoms with Crippen LogP contribution in [0.15, 0.2) is 24.3 Å². The molecule has 0 aliphatic heterocycles. The number of terminal acetylenes is 1. The Morgan fingerprint density at radius 1 is 1.39 bits per heavy atom. The molecule has 0 spiro atoms. The minimum absolute atomic E-state index is 0.279. The Kier molecular flexibility index (Phi) is 6.89. The average molecular weight is 249 g/mol. The third kappa shape index (κ3) is 5.69. The Hall–Kier alpha value is -1.54. The summed E-state index contributed by atoms with van der Waals surface area (Å²) in [7, 11) is 1.57. The van der Waals surface area contributed by atoms with Crippen LogP contribution in [0.4, 0.5) is 0 Å². The number of rotatable bonds is 8. The summed E-state index contributed by atoms with van der Waals surface area (Å²) in [5, 5.41) is 12.6. The largest absolute Gasteiger partial charge is 0.481 e. The zero-order valence-corrected chi connectivity index (χ0v) is 10.6. The average Bonchev–Trinajstić information content (AvgIpc) is 2.38. The molecule has 4 heteroatoms. The summed E-state index contributed by atoms with van der Waals surface area (Å²) in [6.45, 7) is 1.81. The van der Waals surface area contributed by atoms with Gasteiger partial charge in [0, 0.05) is 20.2 Å². The van der Waals surface area contributed by atoms with E-state index in [0.29, 0.717) is 19.7 Å². The van der Waals surface area contributed by atoms with Crippen molar-refractivity contribution in [3.63, 3.8) is 0 Å². The Labute approximate surface area is 108 Å². The molecule has 0 saturated heterocycles. The topological polar surface area (TPSA) is 50.7 Å². The zero-order valence-electron chi connectivity index (χ0n) is 10.6. The fourth-order valence-electron chi connectivity index (χ4n) is 1.46. The molecular formula is C14H19NO3. The maximum absolute atomic E-state index is 9.44. The van der Waals surface area contributed by atoms with Crippen LogP contribution in [0.1, 0.15) is 5.56 Å². The van der Waals surface area contributed by atoms with E-state index >= 15 is 0 Å². The van der Waals surface area contributed by atoms with Crippen LogP contribution in [0.25, 0.3) is 0 Å². The molecule has 1 atom stereocenters. The Morgan fingerprint density at radius 2 is 2.11 bits per heavy atom. The normalized spacial score (nSPS) is 11.8. The molecule has 0 amide bonds. The van der Waals surface area contributed by atoms with Crippen LogP contribution in [0.3, 0.4) is 0 Å². The lowest BCUT2D eigenvalue weighted by Gasteiger charge is -2.11. The second kappa shape index (κ2) is 8.54. The van der Waals surface area contributed by atoms with Gasteiger partial charge in [0.1, 0.15) is 12.4 Å². The van der Waals surface area contributed by atoms with E-state index in [1.807, 2.05) is 24.3 Å². The highest BCUT2D eigenvalue weighted by Crippen LogP contribution is 2.11. The van der Waals surface area contributed by atoms with Crippen molar-refractivity contribution in [2.45, 2.75) is 12.6 Å². The quantitative estimate of drug-likeness (QED) is 0.669. The number of nitrogens with one attached hydrogen (secondary N) is 1. The number of methoxy groups -OCH3 is 1. The van der Waals surface area contributed by atoms with Crippen molar-refractivity contribution in [2.24, 2.45) is 0 Å². The zero-order chi connectivity index (χ0) is 13.2. The number of aliphatic hydroxyl groups excluding tert-OH is 1.